The third-order valence-corrected chi connectivity index (χ3v) is 7.94. The summed E-state index contributed by atoms with van der Waals surface area (Å²) in [6.07, 6.45) is -1.45. The van der Waals surface area contributed by atoms with Crippen molar-refractivity contribution in [3.8, 4) is 0 Å². The Hall–Kier alpha value is -3.88. The van der Waals surface area contributed by atoms with E-state index < -0.39 is 41.1 Å². The molecule has 4 atom stereocenters. The molecule has 1 N–H and O–H groups in total. The first kappa shape index (κ1) is 23.8. The SMILES string of the molecule is COC(=O)C(C)(C)[C@@]12C[C@@H]3C(=O)N[C@H](C)C(=O)N3[C@@H]1N(C(=O)OCc1ccccc1)c1ccccc12. The number of hydrogen-bond acceptors (Lipinski definition) is 6. The standard InChI is InChI=1S/C27H29N3O6/c1-16-22(32)29-20(21(31)28-16)14-27(26(2,3)24(33)35-4)18-12-8-9-13-19(18)30(23(27)29)25(34)36-15-17-10-6-5-7-11-17/h5-13,16,20,23H,14-15H2,1-4H3,(H,28,31)/t16-,20-,23-,27-/m1/s1. The molecule has 5 rings (SSSR count). The van der Waals surface area contributed by atoms with Crippen LogP contribution in [0.4, 0.5) is 10.5 Å². The van der Waals surface area contributed by atoms with Crippen LogP contribution in [0.1, 0.15) is 38.3 Å². The Balaban J connectivity index is 1.67. The van der Waals surface area contributed by atoms with Gasteiger partial charge in [0.1, 0.15) is 24.9 Å². The van der Waals surface area contributed by atoms with Crippen LogP contribution in [0.15, 0.2) is 54.6 Å². The molecule has 3 aliphatic rings. The lowest BCUT2D eigenvalue weighted by Crippen LogP contribution is -2.66. The molecule has 2 aromatic carbocycles. The zero-order chi connectivity index (χ0) is 25.8. The normalized spacial score (nSPS) is 26.6. The Kier molecular flexibility index (Phi) is 5.54. The predicted octanol–water partition coefficient (Wildman–Crippen LogP) is 2.73. The van der Waals surface area contributed by atoms with Crippen molar-refractivity contribution in [1.29, 1.82) is 0 Å². The summed E-state index contributed by atoms with van der Waals surface area (Å²) in [5, 5.41) is 2.74. The van der Waals surface area contributed by atoms with E-state index in [4.69, 9.17) is 9.47 Å². The molecule has 0 radical (unpaired) electrons. The number of methoxy groups -OCH3 is 1. The largest absolute Gasteiger partial charge is 0.469 e. The number of rotatable bonds is 4. The molecule has 36 heavy (non-hydrogen) atoms. The van der Waals surface area contributed by atoms with Gasteiger partial charge in [0.05, 0.1) is 23.6 Å². The lowest BCUT2D eigenvalue weighted by Gasteiger charge is -2.45. The highest BCUT2D eigenvalue weighted by molar-refractivity contribution is 6.02. The van der Waals surface area contributed by atoms with E-state index in [9.17, 15) is 19.2 Å². The molecule has 0 spiro atoms. The highest BCUT2D eigenvalue weighted by Gasteiger charge is 2.72. The van der Waals surface area contributed by atoms with Crippen molar-refractivity contribution >= 4 is 29.6 Å². The number of anilines is 1. The average molecular weight is 492 g/mol. The van der Waals surface area contributed by atoms with Crippen molar-refractivity contribution in [3.63, 3.8) is 0 Å². The van der Waals surface area contributed by atoms with Crippen LogP contribution >= 0.6 is 0 Å². The maximum Gasteiger partial charge on any atom is 0.416 e. The smallest absolute Gasteiger partial charge is 0.416 e. The zero-order valence-electron chi connectivity index (χ0n) is 20.7. The van der Waals surface area contributed by atoms with Gasteiger partial charge in [-0.3, -0.25) is 19.3 Å². The number of hydrogen-bond donors (Lipinski definition) is 1. The number of nitrogens with one attached hydrogen (secondary N) is 1. The maximum absolute atomic E-state index is 13.7. The fraction of sp³-hybridized carbons (Fsp3) is 0.407. The van der Waals surface area contributed by atoms with Gasteiger partial charge in [-0.05, 0) is 44.4 Å². The molecule has 0 saturated carbocycles. The second kappa shape index (κ2) is 8.36. The second-order valence-electron chi connectivity index (χ2n) is 10.1. The Morgan fingerprint density at radius 1 is 1.08 bits per heavy atom. The summed E-state index contributed by atoms with van der Waals surface area (Å²) in [5.41, 5.74) is -0.250. The Morgan fingerprint density at radius 3 is 2.44 bits per heavy atom. The first-order valence-corrected chi connectivity index (χ1v) is 12.0. The van der Waals surface area contributed by atoms with Crippen LogP contribution in [0.2, 0.25) is 0 Å². The Bertz CT molecular complexity index is 1250. The van der Waals surface area contributed by atoms with Crippen LogP contribution < -0.4 is 10.2 Å². The topological polar surface area (TPSA) is 105 Å². The molecule has 0 unspecified atom stereocenters. The van der Waals surface area contributed by atoms with Gasteiger partial charge in [0.25, 0.3) is 0 Å². The van der Waals surface area contributed by atoms with E-state index in [0.29, 0.717) is 11.3 Å². The van der Waals surface area contributed by atoms with Gasteiger partial charge in [0.2, 0.25) is 11.8 Å². The van der Waals surface area contributed by atoms with Crippen LogP contribution in [-0.4, -0.2) is 54.1 Å². The molecule has 0 aromatic heterocycles. The summed E-state index contributed by atoms with van der Waals surface area (Å²) in [6, 6.07) is 14.9. The zero-order valence-corrected chi connectivity index (χ0v) is 20.7. The van der Waals surface area contributed by atoms with E-state index in [-0.39, 0.29) is 24.8 Å². The first-order chi connectivity index (χ1) is 17.1. The molecule has 188 valence electrons. The predicted molar refractivity (Wildman–Crippen MR) is 130 cm³/mol. The number of carbonyl (C=O) groups excluding carboxylic acids is 4. The molecular weight excluding hydrogens is 462 g/mol. The van der Waals surface area contributed by atoms with Gasteiger partial charge < -0.3 is 19.7 Å². The summed E-state index contributed by atoms with van der Waals surface area (Å²) in [5.74, 6) is -1.13. The number of piperazine rings is 1. The van der Waals surface area contributed by atoms with Crippen LogP contribution in [0, 0.1) is 5.41 Å². The summed E-state index contributed by atoms with van der Waals surface area (Å²) < 4.78 is 10.9. The number of carbonyl (C=O) groups is 4. The van der Waals surface area contributed by atoms with Crippen LogP contribution in [0.3, 0.4) is 0 Å². The van der Waals surface area contributed by atoms with E-state index in [1.165, 1.54) is 16.9 Å². The lowest BCUT2D eigenvalue weighted by molar-refractivity contribution is -0.157. The number of para-hydroxylation sites is 1. The van der Waals surface area contributed by atoms with Crippen LogP contribution in [0.25, 0.3) is 0 Å². The summed E-state index contributed by atoms with van der Waals surface area (Å²) >= 11 is 0. The van der Waals surface area contributed by atoms with Gasteiger partial charge in [0.15, 0.2) is 0 Å². The van der Waals surface area contributed by atoms with E-state index in [1.54, 1.807) is 32.9 Å². The first-order valence-electron chi connectivity index (χ1n) is 12.0. The maximum atomic E-state index is 13.7. The molecule has 2 fully saturated rings. The quantitative estimate of drug-likeness (QED) is 0.660. The highest BCUT2D eigenvalue weighted by atomic mass is 16.6. The van der Waals surface area contributed by atoms with Crippen molar-refractivity contribution in [2.45, 2.75) is 57.5 Å². The molecule has 9 nitrogen and oxygen atoms in total. The molecule has 3 heterocycles. The molecule has 0 aliphatic carbocycles. The Labute approximate surface area is 209 Å². The van der Waals surface area contributed by atoms with Gasteiger partial charge in [-0.2, -0.15) is 0 Å². The molecule has 3 aliphatic heterocycles. The van der Waals surface area contributed by atoms with Gasteiger partial charge >= 0.3 is 12.1 Å². The second-order valence-corrected chi connectivity index (χ2v) is 10.1. The molecule has 2 aromatic rings. The molecule has 0 bridgehead atoms. The van der Waals surface area contributed by atoms with Gasteiger partial charge in [0, 0.05) is 0 Å². The molecular formula is C27H29N3O6. The van der Waals surface area contributed by atoms with E-state index in [0.717, 1.165) is 5.56 Å². The number of esters is 1. The summed E-state index contributed by atoms with van der Waals surface area (Å²) in [4.78, 5) is 56.5. The van der Waals surface area contributed by atoms with Gasteiger partial charge in [-0.1, -0.05) is 48.5 Å². The number of ether oxygens (including phenoxy) is 2. The van der Waals surface area contributed by atoms with Crippen LogP contribution in [-0.2, 0) is 35.9 Å². The lowest BCUT2D eigenvalue weighted by atomic mass is 9.60. The average Bonchev–Trinajstić information content (AvgIpc) is 3.38. The van der Waals surface area contributed by atoms with Crippen molar-refractivity contribution < 1.29 is 28.7 Å². The molecule has 2 saturated heterocycles. The fourth-order valence-corrected chi connectivity index (χ4v) is 6.13. The minimum Gasteiger partial charge on any atom is -0.469 e. The number of fused-ring (bicyclic) bond motifs is 5. The fourth-order valence-electron chi connectivity index (χ4n) is 6.13. The van der Waals surface area contributed by atoms with Crippen LogP contribution in [0.5, 0.6) is 0 Å². The summed E-state index contributed by atoms with van der Waals surface area (Å²) in [6.45, 7) is 5.13. The summed E-state index contributed by atoms with van der Waals surface area (Å²) in [7, 11) is 1.31. The molecule has 3 amide bonds. The number of nitrogens with zero attached hydrogens (tertiary/aromatic N) is 2. The number of amides is 3. The van der Waals surface area contributed by atoms with Crippen molar-refractivity contribution in [2.24, 2.45) is 5.41 Å². The number of benzene rings is 2. The van der Waals surface area contributed by atoms with E-state index in [1.807, 2.05) is 42.5 Å². The van der Waals surface area contributed by atoms with Crippen molar-refractivity contribution in [3.05, 3.63) is 65.7 Å². The van der Waals surface area contributed by atoms with E-state index in [2.05, 4.69) is 5.32 Å². The van der Waals surface area contributed by atoms with Crippen molar-refractivity contribution in [2.75, 3.05) is 12.0 Å². The highest BCUT2D eigenvalue weighted by Crippen LogP contribution is 2.62. The third-order valence-electron chi connectivity index (χ3n) is 7.94. The third kappa shape index (κ3) is 3.14. The van der Waals surface area contributed by atoms with Crippen molar-refractivity contribution in [1.82, 2.24) is 10.2 Å². The molecule has 9 heteroatoms. The van der Waals surface area contributed by atoms with E-state index >= 15 is 0 Å². The van der Waals surface area contributed by atoms with Gasteiger partial charge in [-0.25, -0.2) is 4.79 Å². The minimum atomic E-state index is -1.20. The minimum absolute atomic E-state index is 0.0344. The van der Waals surface area contributed by atoms with Gasteiger partial charge in [-0.15, -0.1) is 0 Å². The Morgan fingerprint density at radius 2 is 1.75 bits per heavy atom. The monoisotopic (exact) mass is 491 g/mol.